The molecule has 0 radical (unpaired) electrons. The van der Waals surface area contributed by atoms with Crippen molar-refractivity contribution in [2.24, 2.45) is 0 Å². The lowest BCUT2D eigenvalue weighted by Crippen LogP contribution is -2.43. The molecule has 0 aliphatic carbocycles. The van der Waals surface area contributed by atoms with Crippen molar-refractivity contribution in [2.75, 3.05) is 6.61 Å². The van der Waals surface area contributed by atoms with Crippen molar-refractivity contribution in [3.05, 3.63) is 59.7 Å². The second-order valence-electron chi connectivity index (χ2n) is 5.60. The minimum absolute atomic E-state index is 0.000651. The van der Waals surface area contributed by atoms with E-state index >= 15 is 0 Å². The van der Waals surface area contributed by atoms with Gasteiger partial charge in [-0.15, -0.1) is 3.89 Å². The highest BCUT2D eigenvalue weighted by molar-refractivity contribution is 7.86. The number of fused-ring (bicyclic) bond motifs is 1. The molecule has 8 heteroatoms. The molecule has 1 N–H and O–H groups in total. The summed E-state index contributed by atoms with van der Waals surface area (Å²) in [6, 6.07) is 13.1. The number of carbonyl (C=O) groups is 1. The van der Waals surface area contributed by atoms with Crippen LogP contribution in [-0.4, -0.2) is 27.2 Å². The predicted octanol–water partition coefficient (Wildman–Crippen LogP) is 2.57. The maximum atomic E-state index is 13.3. The van der Waals surface area contributed by atoms with Gasteiger partial charge in [0.2, 0.25) is 0 Å². The first-order valence-electron chi connectivity index (χ1n) is 7.60. The molecule has 1 unspecified atom stereocenters. The quantitative estimate of drug-likeness (QED) is 0.842. The molecule has 0 aromatic heterocycles. The van der Waals surface area contributed by atoms with E-state index in [1.807, 2.05) is 30.3 Å². The van der Waals surface area contributed by atoms with Gasteiger partial charge in [-0.25, -0.2) is 4.79 Å². The average Bonchev–Trinajstić information content (AvgIpc) is 2.59. The van der Waals surface area contributed by atoms with Gasteiger partial charge in [0.25, 0.3) is 0 Å². The number of carbonyl (C=O) groups excluding carboxylic acids is 1. The van der Waals surface area contributed by atoms with Crippen LogP contribution in [0.2, 0.25) is 0 Å². The van der Waals surface area contributed by atoms with Gasteiger partial charge in [-0.2, -0.15) is 8.42 Å². The normalized spacial score (nSPS) is 16.4. The maximum Gasteiger partial charge on any atom is 0.407 e. The number of benzene rings is 2. The Hall–Kier alpha value is -2.61. The number of hydrogen-bond donors (Lipinski definition) is 1. The number of para-hydroxylation sites is 1. The van der Waals surface area contributed by atoms with Crippen LogP contribution in [0, 0.1) is 0 Å². The fraction of sp³-hybridized carbons (Fsp3) is 0.235. The molecule has 0 fully saturated rings. The highest BCUT2D eigenvalue weighted by Crippen LogP contribution is 2.33. The third-order valence-electron chi connectivity index (χ3n) is 3.75. The van der Waals surface area contributed by atoms with Gasteiger partial charge in [0.05, 0.1) is 6.04 Å². The largest absolute Gasteiger partial charge is 0.490 e. The van der Waals surface area contributed by atoms with Crippen LogP contribution in [0.1, 0.15) is 11.1 Å². The SMILES string of the molecule is O=C(NC1COc2c(cccc2S(=O)(=O)F)C1)OCc1ccccc1. The molecule has 2 aromatic carbocycles. The van der Waals surface area contributed by atoms with Gasteiger partial charge < -0.3 is 14.8 Å². The number of hydrogen-bond acceptors (Lipinski definition) is 5. The van der Waals surface area contributed by atoms with E-state index in [1.165, 1.54) is 6.07 Å². The van der Waals surface area contributed by atoms with Crippen molar-refractivity contribution in [1.82, 2.24) is 5.32 Å². The van der Waals surface area contributed by atoms with Crippen LogP contribution in [0.25, 0.3) is 0 Å². The molecule has 0 saturated carbocycles. The molecule has 1 aliphatic rings. The Kier molecular flexibility index (Phi) is 4.89. The summed E-state index contributed by atoms with van der Waals surface area (Å²) >= 11 is 0. The fourth-order valence-electron chi connectivity index (χ4n) is 2.61. The number of nitrogens with one attached hydrogen (secondary N) is 1. The number of halogens is 1. The third-order valence-corrected chi connectivity index (χ3v) is 4.60. The Bertz CT molecular complexity index is 870. The molecule has 0 bridgehead atoms. The molecule has 1 heterocycles. The lowest BCUT2D eigenvalue weighted by molar-refractivity contribution is 0.128. The molecular formula is C17H16FNO5S. The van der Waals surface area contributed by atoms with Crippen LogP contribution in [-0.2, 0) is 28.0 Å². The average molecular weight is 365 g/mol. The molecule has 1 amide bonds. The zero-order valence-electron chi connectivity index (χ0n) is 13.1. The van der Waals surface area contributed by atoms with Crippen LogP contribution >= 0.6 is 0 Å². The summed E-state index contributed by atoms with van der Waals surface area (Å²) in [6.45, 7) is 0.168. The van der Waals surface area contributed by atoms with E-state index in [0.717, 1.165) is 11.6 Å². The summed E-state index contributed by atoms with van der Waals surface area (Å²) in [7, 11) is -4.86. The van der Waals surface area contributed by atoms with E-state index in [2.05, 4.69) is 5.32 Å². The topological polar surface area (TPSA) is 81.7 Å². The van der Waals surface area contributed by atoms with Gasteiger partial charge in [0.15, 0.2) is 0 Å². The van der Waals surface area contributed by atoms with Crippen LogP contribution in [0.15, 0.2) is 53.4 Å². The van der Waals surface area contributed by atoms with Gasteiger partial charge in [-0.1, -0.05) is 42.5 Å². The first-order valence-corrected chi connectivity index (χ1v) is 8.98. The number of ether oxygens (including phenoxy) is 2. The van der Waals surface area contributed by atoms with Crippen molar-refractivity contribution in [2.45, 2.75) is 24.0 Å². The molecule has 0 saturated heterocycles. The zero-order chi connectivity index (χ0) is 17.9. The molecule has 0 spiro atoms. The molecule has 25 heavy (non-hydrogen) atoms. The van der Waals surface area contributed by atoms with Gasteiger partial charge in [0, 0.05) is 0 Å². The second-order valence-corrected chi connectivity index (χ2v) is 6.92. The first-order chi connectivity index (χ1) is 11.9. The highest BCUT2D eigenvalue weighted by atomic mass is 32.3. The Morgan fingerprint density at radius 2 is 1.96 bits per heavy atom. The minimum Gasteiger partial charge on any atom is -0.490 e. The number of amides is 1. The van der Waals surface area contributed by atoms with Crippen molar-refractivity contribution >= 4 is 16.3 Å². The van der Waals surface area contributed by atoms with Crippen molar-refractivity contribution in [3.63, 3.8) is 0 Å². The Morgan fingerprint density at radius 1 is 1.20 bits per heavy atom. The van der Waals surface area contributed by atoms with Crippen molar-refractivity contribution in [1.29, 1.82) is 0 Å². The molecule has 3 rings (SSSR count). The summed E-state index contributed by atoms with van der Waals surface area (Å²) in [5, 5.41) is 2.66. The number of alkyl carbamates (subject to hydrolysis) is 1. The standard InChI is InChI=1S/C17H16FNO5S/c18-25(21,22)15-8-4-7-13-9-14(11-23-16(13)15)19-17(20)24-10-12-5-2-1-3-6-12/h1-8,14H,9-11H2,(H,19,20). The van der Waals surface area contributed by atoms with Crippen molar-refractivity contribution < 1.29 is 26.6 Å². The van der Waals surface area contributed by atoms with Crippen LogP contribution in [0.5, 0.6) is 5.75 Å². The fourth-order valence-corrected chi connectivity index (χ4v) is 3.26. The van der Waals surface area contributed by atoms with E-state index in [1.54, 1.807) is 6.07 Å². The second kappa shape index (κ2) is 7.10. The minimum atomic E-state index is -4.86. The van der Waals surface area contributed by atoms with Crippen LogP contribution in [0.3, 0.4) is 0 Å². The van der Waals surface area contributed by atoms with Crippen molar-refractivity contribution in [3.8, 4) is 5.75 Å². The van der Waals surface area contributed by atoms with E-state index in [4.69, 9.17) is 9.47 Å². The van der Waals surface area contributed by atoms with Crippen LogP contribution in [0.4, 0.5) is 8.68 Å². The molecule has 1 aliphatic heterocycles. The molecule has 132 valence electrons. The zero-order valence-corrected chi connectivity index (χ0v) is 14.0. The van der Waals surface area contributed by atoms with Gasteiger partial charge in [-0.05, 0) is 23.6 Å². The Labute approximate surface area is 144 Å². The predicted molar refractivity (Wildman–Crippen MR) is 87.5 cm³/mol. The maximum absolute atomic E-state index is 13.3. The molecule has 2 aromatic rings. The highest BCUT2D eigenvalue weighted by Gasteiger charge is 2.28. The van der Waals surface area contributed by atoms with Gasteiger partial charge >= 0.3 is 16.3 Å². The molecular weight excluding hydrogens is 349 g/mol. The van der Waals surface area contributed by atoms with E-state index in [-0.39, 0.29) is 19.0 Å². The van der Waals surface area contributed by atoms with Gasteiger partial charge in [0.1, 0.15) is 23.9 Å². The summed E-state index contributed by atoms with van der Waals surface area (Å²) in [5.41, 5.74) is 1.37. The van der Waals surface area contributed by atoms with Crippen LogP contribution < -0.4 is 10.1 Å². The summed E-state index contributed by atoms with van der Waals surface area (Å²) in [4.78, 5) is 11.4. The van der Waals surface area contributed by atoms with Gasteiger partial charge in [-0.3, -0.25) is 0 Å². The smallest absolute Gasteiger partial charge is 0.407 e. The third kappa shape index (κ3) is 4.27. The lowest BCUT2D eigenvalue weighted by Gasteiger charge is -2.26. The Morgan fingerprint density at radius 3 is 2.68 bits per heavy atom. The molecule has 6 nitrogen and oxygen atoms in total. The first kappa shape index (κ1) is 17.2. The molecule has 1 atom stereocenters. The van der Waals surface area contributed by atoms with E-state index in [0.29, 0.717) is 12.0 Å². The summed E-state index contributed by atoms with van der Waals surface area (Å²) in [6.07, 6.45) is -0.283. The Balaban J connectivity index is 1.61. The monoisotopic (exact) mass is 365 g/mol. The number of rotatable bonds is 4. The summed E-state index contributed by atoms with van der Waals surface area (Å²) in [5.74, 6) is 0.000651. The van der Waals surface area contributed by atoms with E-state index < -0.39 is 27.3 Å². The lowest BCUT2D eigenvalue weighted by atomic mass is 10.0. The van der Waals surface area contributed by atoms with E-state index in [9.17, 15) is 17.1 Å². The summed E-state index contributed by atoms with van der Waals surface area (Å²) < 4.78 is 46.1.